The van der Waals surface area contributed by atoms with Gasteiger partial charge in [0.15, 0.2) is 0 Å². The molecule has 0 spiro atoms. The maximum atomic E-state index is 6.21. The van der Waals surface area contributed by atoms with Crippen molar-refractivity contribution in [2.24, 2.45) is 11.8 Å². The van der Waals surface area contributed by atoms with Crippen LogP contribution >= 0.6 is 23.2 Å². The van der Waals surface area contributed by atoms with Crippen LogP contribution in [0.15, 0.2) is 12.3 Å². The number of aromatic nitrogens is 1. The number of fused-ring (bicyclic) bond motifs is 1. The Morgan fingerprint density at radius 2 is 2.28 bits per heavy atom. The molecule has 5 heteroatoms. The van der Waals surface area contributed by atoms with Crippen LogP contribution in [-0.2, 0) is 6.54 Å². The zero-order valence-electron chi connectivity index (χ0n) is 10.4. The van der Waals surface area contributed by atoms with E-state index in [2.05, 4.69) is 22.1 Å². The molecule has 1 N–H and O–H groups in total. The second kappa shape index (κ2) is 4.97. The topological polar surface area (TPSA) is 28.2 Å². The van der Waals surface area contributed by atoms with Gasteiger partial charge in [0.1, 0.15) is 5.15 Å². The maximum Gasteiger partial charge on any atom is 0.130 e. The lowest BCUT2D eigenvalue weighted by Gasteiger charge is -2.24. The van der Waals surface area contributed by atoms with Crippen molar-refractivity contribution >= 4 is 23.2 Å². The number of hydrogen-bond acceptors (Lipinski definition) is 3. The molecule has 1 aromatic heterocycles. The number of hydrogen-bond donors (Lipinski definition) is 1. The van der Waals surface area contributed by atoms with E-state index in [0.29, 0.717) is 11.2 Å². The number of rotatable bonds is 2. The summed E-state index contributed by atoms with van der Waals surface area (Å²) in [6.45, 7) is 6.64. The fourth-order valence-electron chi connectivity index (χ4n) is 3.24. The van der Waals surface area contributed by atoms with Gasteiger partial charge < -0.3 is 5.32 Å². The predicted octanol–water partition coefficient (Wildman–Crippen LogP) is 2.43. The molecule has 2 saturated heterocycles. The molecule has 0 aliphatic carbocycles. The van der Waals surface area contributed by atoms with E-state index in [1.165, 1.54) is 0 Å². The smallest absolute Gasteiger partial charge is 0.130 e. The summed E-state index contributed by atoms with van der Waals surface area (Å²) >= 11 is 12.0. The first-order valence-corrected chi connectivity index (χ1v) is 7.15. The Morgan fingerprint density at radius 3 is 3.00 bits per heavy atom. The molecule has 2 aliphatic rings. The minimum absolute atomic E-state index is 0.458. The number of nitrogens with one attached hydrogen (secondary N) is 1. The minimum atomic E-state index is 0.458. The Kier molecular flexibility index (Phi) is 3.50. The average molecular weight is 286 g/mol. The Hall–Kier alpha value is -0.350. The summed E-state index contributed by atoms with van der Waals surface area (Å²) in [6, 6.07) is 2.33. The van der Waals surface area contributed by atoms with E-state index in [-0.39, 0.29) is 0 Å². The van der Waals surface area contributed by atoms with E-state index in [0.717, 1.165) is 48.6 Å². The number of halogens is 2. The molecule has 3 atom stereocenters. The first-order valence-electron chi connectivity index (χ1n) is 6.40. The van der Waals surface area contributed by atoms with Crippen LogP contribution in [0.25, 0.3) is 0 Å². The lowest BCUT2D eigenvalue weighted by Crippen LogP contribution is -2.32. The highest BCUT2D eigenvalue weighted by molar-refractivity contribution is 6.34. The molecule has 2 fully saturated rings. The number of likely N-dealkylation sites (tertiary alicyclic amines) is 1. The minimum Gasteiger partial charge on any atom is -0.316 e. The molecule has 3 heterocycles. The van der Waals surface area contributed by atoms with Crippen LogP contribution in [-0.4, -0.2) is 35.6 Å². The van der Waals surface area contributed by atoms with E-state index in [1.54, 1.807) is 12.3 Å². The van der Waals surface area contributed by atoms with Crippen LogP contribution in [0.5, 0.6) is 0 Å². The third-order valence-electron chi connectivity index (χ3n) is 4.33. The summed E-state index contributed by atoms with van der Waals surface area (Å²) in [4.78, 5) is 6.63. The van der Waals surface area contributed by atoms with Crippen molar-refractivity contribution in [2.75, 3.05) is 19.6 Å². The molecule has 0 radical (unpaired) electrons. The molecule has 2 aliphatic heterocycles. The zero-order valence-corrected chi connectivity index (χ0v) is 11.9. The van der Waals surface area contributed by atoms with Crippen LogP contribution in [0, 0.1) is 11.8 Å². The molecule has 3 nitrogen and oxygen atoms in total. The SMILES string of the molecule is CC1C2CNCC2CN1Cc1cnc(Cl)cc1Cl. The molecule has 3 rings (SSSR count). The van der Waals surface area contributed by atoms with Crippen LogP contribution in [0.1, 0.15) is 12.5 Å². The molecule has 18 heavy (non-hydrogen) atoms. The van der Waals surface area contributed by atoms with E-state index >= 15 is 0 Å². The summed E-state index contributed by atoms with van der Waals surface area (Å²) < 4.78 is 0. The summed E-state index contributed by atoms with van der Waals surface area (Å²) in [6.07, 6.45) is 1.80. The fraction of sp³-hybridized carbons (Fsp3) is 0.615. The summed E-state index contributed by atoms with van der Waals surface area (Å²) in [7, 11) is 0. The molecular formula is C13H17Cl2N3. The highest BCUT2D eigenvalue weighted by Crippen LogP contribution is 2.34. The van der Waals surface area contributed by atoms with Gasteiger partial charge in [-0.3, -0.25) is 4.90 Å². The fourth-order valence-corrected chi connectivity index (χ4v) is 3.66. The van der Waals surface area contributed by atoms with E-state index in [1.807, 2.05) is 0 Å². The molecule has 1 aromatic rings. The van der Waals surface area contributed by atoms with E-state index in [4.69, 9.17) is 23.2 Å². The van der Waals surface area contributed by atoms with Crippen molar-refractivity contribution in [3.63, 3.8) is 0 Å². The van der Waals surface area contributed by atoms with Crippen molar-refractivity contribution in [1.29, 1.82) is 0 Å². The molecular weight excluding hydrogens is 269 g/mol. The van der Waals surface area contributed by atoms with Crippen molar-refractivity contribution in [3.8, 4) is 0 Å². The highest BCUT2D eigenvalue weighted by atomic mass is 35.5. The Bertz CT molecular complexity index is 452. The summed E-state index contributed by atoms with van der Waals surface area (Å²) in [5, 5.41) is 4.65. The van der Waals surface area contributed by atoms with Gasteiger partial charge in [0.05, 0.1) is 0 Å². The Morgan fingerprint density at radius 1 is 1.44 bits per heavy atom. The summed E-state index contributed by atoms with van der Waals surface area (Å²) in [5.74, 6) is 1.57. The van der Waals surface area contributed by atoms with Gasteiger partial charge in [-0.1, -0.05) is 23.2 Å². The van der Waals surface area contributed by atoms with Gasteiger partial charge in [0, 0.05) is 35.9 Å². The lowest BCUT2D eigenvalue weighted by atomic mass is 9.95. The lowest BCUT2D eigenvalue weighted by molar-refractivity contribution is 0.231. The van der Waals surface area contributed by atoms with Crippen molar-refractivity contribution in [3.05, 3.63) is 28.0 Å². The van der Waals surface area contributed by atoms with Crippen LogP contribution in [0.2, 0.25) is 10.2 Å². The van der Waals surface area contributed by atoms with Gasteiger partial charge >= 0.3 is 0 Å². The van der Waals surface area contributed by atoms with E-state index in [9.17, 15) is 0 Å². The van der Waals surface area contributed by atoms with Gasteiger partial charge in [-0.2, -0.15) is 0 Å². The zero-order chi connectivity index (χ0) is 12.7. The van der Waals surface area contributed by atoms with E-state index < -0.39 is 0 Å². The summed E-state index contributed by atoms with van der Waals surface area (Å²) in [5.41, 5.74) is 1.07. The molecule has 0 aromatic carbocycles. The van der Waals surface area contributed by atoms with Gasteiger partial charge in [0.2, 0.25) is 0 Å². The molecule has 3 unspecified atom stereocenters. The van der Waals surface area contributed by atoms with Gasteiger partial charge in [-0.05, 0) is 37.9 Å². The predicted molar refractivity (Wildman–Crippen MR) is 74.0 cm³/mol. The second-order valence-corrected chi connectivity index (χ2v) is 6.15. The monoisotopic (exact) mass is 285 g/mol. The Balaban J connectivity index is 1.73. The third kappa shape index (κ3) is 2.25. The largest absolute Gasteiger partial charge is 0.316 e. The van der Waals surface area contributed by atoms with Crippen molar-refractivity contribution in [1.82, 2.24) is 15.2 Å². The van der Waals surface area contributed by atoms with Crippen molar-refractivity contribution < 1.29 is 0 Å². The third-order valence-corrected chi connectivity index (χ3v) is 4.88. The second-order valence-electron chi connectivity index (χ2n) is 5.35. The van der Waals surface area contributed by atoms with Gasteiger partial charge in [-0.15, -0.1) is 0 Å². The molecule has 0 saturated carbocycles. The number of pyridine rings is 1. The normalized spacial score (nSPS) is 31.8. The maximum absolute atomic E-state index is 6.21. The quantitative estimate of drug-likeness (QED) is 0.846. The standard InChI is InChI=1S/C13H17Cl2N3/c1-8-11-5-16-3-9(11)6-18(8)7-10-4-17-13(15)2-12(10)14/h2,4,8-9,11,16H,3,5-7H2,1H3. The first-order chi connectivity index (χ1) is 8.65. The molecule has 0 amide bonds. The van der Waals surface area contributed by atoms with Crippen LogP contribution in [0.3, 0.4) is 0 Å². The average Bonchev–Trinajstić information content (AvgIpc) is 2.88. The molecule has 0 bridgehead atoms. The first kappa shape index (κ1) is 12.7. The highest BCUT2D eigenvalue weighted by Gasteiger charge is 2.41. The van der Waals surface area contributed by atoms with Crippen molar-refractivity contribution in [2.45, 2.75) is 19.5 Å². The molecule has 98 valence electrons. The van der Waals surface area contributed by atoms with Crippen LogP contribution in [0.4, 0.5) is 0 Å². The van der Waals surface area contributed by atoms with Crippen LogP contribution < -0.4 is 5.32 Å². The Labute approximate surface area is 117 Å². The van der Waals surface area contributed by atoms with Gasteiger partial charge in [0.25, 0.3) is 0 Å². The number of nitrogens with zero attached hydrogens (tertiary/aromatic N) is 2. The van der Waals surface area contributed by atoms with Gasteiger partial charge in [-0.25, -0.2) is 4.98 Å².